The minimum atomic E-state index is -1.90. The second kappa shape index (κ2) is 9.65. The van der Waals surface area contributed by atoms with E-state index < -0.39 is 25.5 Å². The molecule has 0 aromatic heterocycles. The minimum absolute atomic E-state index is 0.0596. The van der Waals surface area contributed by atoms with E-state index >= 15 is 0 Å². The molecule has 0 saturated heterocycles. The Hall–Kier alpha value is 0.420. The van der Waals surface area contributed by atoms with Crippen LogP contribution in [0, 0.1) is 16.7 Å². The fraction of sp³-hybridized carbons (Fsp3) is 0.667. The molecule has 0 aliphatic rings. The van der Waals surface area contributed by atoms with Gasteiger partial charge in [-0.15, -0.1) is 0 Å². The highest BCUT2D eigenvalue weighted by Gasteiger charge is 2.31. The molecule has 2 N–H and O–H groups in total. The van der Waals surface area contributed by atoms with Crippen LogP contribution in [0.4, 0.5) is 0 Å². The van der Waals surface area contributed by atoms with Crippen molar-refractivity contribution in [2.24, 2.45) is 5.92 Å². The van der Waals surface area contributed by atoms with Gasteiger partial charge in [-0.1, -0.05) is 89.5 Å². The van der Waals surface area contributed by atoms with E-state index in [1.165, 1.54) is 0 Å². The lowest BCUT2D eigenvalue weighted by molar-refractivity contribution is 0.179. The summed E-state index contributed by atoms with van der Waals surface area (Å²) in [6, 6.07) is 0. The largest absolute Gasteiger partial charge is 0.478 e. The molecule has 10 heteroatoms. The third-order valence-corrected chi connectivity index (χ3v) is 3.31. The van der Waals surface area contributed by atoms with Crippen molar-refractivity contribution in [3.63, 3.8) is 0 Å². The molecule has 4 nitrogen and oxygen atoms in total. The summed E-state index contributed by atoms with van der Waals surface area (Å²) in [6.07, 6.45) is 3.49. The molecule has 0 aromatic carbocycles. The van der Waals surface area contributed by atoms with Crippen molar-refractivity contribution in [1.29, 1.82) is 10.8 Å². The number of rotatable bonds is 6. The third kappa shape index (κ3) is 9.53. The summed E-state index contributed by atoms with van der Waals surface area (Å²) >= 11 is 33.1. The van der Waals surface area contributed by atoms with Crippen LogP contribution in [0.3, 0.4) is 0 Å². The van der Waals surface area contributed by atoms with Crippen molar-refractivity contribution >= 4 is 81.4 Å². The van der Waals surface area contributed by atoms with E-state index in [1.54, 1.807) is 12.2 Å². The summed E-state index contributed by atoms with van der Waals surface area (Å²) in [5.74, 6) is -0.833. The Labute approximate surface area is 159 Å². The molecule has 0 saturated carbocycles. The second-order valence-corrected chi connectivity index (χ2v) is 9.11. The topological polar surface area (TPSA) is 66.2 Å². The maximum atomic E-state index is 7.56. The van der Waals surface area contributed by atoms with Gasteiger partial charge in [-0.25, -0.2) is 0 Å². The van der Waals surface area contributed by atoms with E-state index in [-0.39, 0.29) is 12.5 Å². The molecular formula is C12H16Cl6N2O2. The fourth-order valence-corrected chi connectivity index (χ4v) is 1.44. The van der Waals surface area contributed by atoms with Gasteiger partial charge >= 0.3 is 0 Å². The molecule has 0 fully saturated rings. The van der Waals surface area contributed by atoms with Gasteiger partial charge in [0.1, 0.15) is 6.10 Å². The van der Waals surface area contributed by atoms with Gasteiger partial charge < -0.3 is 9.47 Å². The highest BCUT2D eigenvalue weighted by atomic mass is 35.6. The molecule has 0 bridgehead atoms. The summed E-state index contributed by atoms with van der Waals surface area (Å²) in [6.45, 7) is 3.96. The maximum absolute atomic E-state index is 7.56. The van der Waals surface area contributed by atoms with Crippen LogP contribution in [0.25, 0.3) is 0 Å². The number of nitrogens with one attached hydrogen (secondary N) is 2. The van der Waals surface area contributed by atoms with Crippen LogP contribution < -0.4 is 0 Å². The smallest absolute Gasteiger partial charge is 0.265 e. The van der Waals surface area contributed by atoms with Crippen LogP contribution in [0.1, 0.15) is 20.3 Å². The lowest BCUT2D eigenvalue weighted by Gasteiger charge is -2.22. The van der Waals surface area contributed by atoms with Crippen molar-refractivity contribution in [2.45, 2.75) is 34.0 Å². The number of halogens is 6. The van der Waals surface area contributed by atoms with E-state index in [1.807, 2.05) is 13.8 Å². The molecule has 0 aromatic rings. The van der Waals surface area contributed by atoms with E-state index in [4.69, 9.17) is 89.9 Å². The highest BCUT2D eigenvalue weighted by molar-refractivity contribution is 6.76. The number of hydrogen-bond donors (Lipinski definition) is 2. The van der Waals surface area contributed by atoms with Gasteiger partial charge in [0, 0.05) is 0 Å². The average molecular weight is 433 g/mol. The van der Waals surface area contributed by atoms with Gasteiger partial charge in [-0.3, -0.25) is 10.8 Å². The zero-order chi connectivity index (χ0) is 17.6. The quantitative estimate of drug-likeness (QED) is 0.186. The van der Waals surface area contributed by atoms with Crippen LogP contribution in [-0.4, -0.2) is 32.1 Å². The third-order valence-electron chi connectivity index (χ3n) is 2.28. The van der Waals surface area contributed by atoms with Gasteiger partial charge in [0.2, 0.25) is 11.8 Å². The lowest BCUT2D eigenvalue weighted by Crippen LogP contribution is -2.29. The van der Waals surface area contributed by atoms with E-state index in [0.29, 0.717) is 6.42 Å². The van der Waals surface area contributed by atoms with Crippen LogP contribution in [0.2, 0.25) is 0 Å². The molecule has 0 radical (unpaired) electrons. The maximum Gasteiger partial charge on any atom is 0.265 e. The summed E-state index contributed by atoms with van der Waals surface area (Å²) in [5, 5.41) is 14.9. The Morgan fingerprint density at radius 1 is 1.00 bits per heavy atom. The molecule has 0 rings (SSSR count). The summed E-state index contributed by atoms with van der Waals surface area (Å²) in [5.41, 5.74) is 0. The summed E-state index contributed by atoms with van der Waals surface area (Å²) in [4.78, 5) is 0. The Morgan fingerprint density at radius 2 is 1.50 bits per heavy atom. The van der Waals surface area contributed by atoms with E-state index in [2.05, 4.69) is 0 Å². The zero-order valence-corrected chi connectivity index (χ0v) is 16.3. The Morgan fingerprint density at radius 3 is 1.91 bits per heavy atom. The highest BCUT2D eigenvalue weighted by Crippen LogP contribution is 2.29. The van der Waals surface area contributed by atoms with Gasteiger partial charge in [0.25, 0.3) is 7.59 Å². The fourth-order valence-electron chi connectivity index (χ4n) is 1.14. The first-order valence-electron chi connectivity index (χ1n) is 6.13. The van der Waals surface area contributed by atoms with E-state index in [0.717, 1.165) is 0 Å². The Kier molecular flexibility index (Phi) is 9.84. The standard InChI is InChI=1S/C12H16Cl6N2O2/c1-7(2)8(22-10(20)12(16,17)18)5-3-4-6-21-9(19)11(13,14)15/h3,5,7-8,19-20H,4,6H2,1-2H3/b5-3+,19-9?,20-10?. The van der Waals surface area contributed by atoms with Gasteiger partial charge in [0.15, 0.2) is 0 Å². The van der Waals surface area contributed by atoms with Crippen LogP contribution in [-0.2, 0) is 9.47 Å². The first kappa shape index (κ1) is 22.4. The van der Waals surface area contributed by atoms with Crippen molar-refractivity contribution in [3.05, 3.63) is 12.2 Å². The lowest BCUT2D eigenvalue weighted by atomic mass is 10.1. The SMILES string of the molecule is CC(C)C(/C=C/CCOC(=N)C(Cl)(Cl)Cl)OC(=N)C(Cl)(Cl)Cl. The van der Waals surface area contributed by atoms with Crippen LogP contribution >= 0.6 is 69.6 Å². The van der Waals surface area contributed by atoms with Gasteiger partial charge in [-0.2, -0.15) is 0 Å². The summed E-state index contributed by atoms with van der Waals surface area (Å²) in [7, 11) is 0. The predicted molar refractivity (Wildman–Crippen MR) is 95.5 cm³/mol. The normalized spacial score (nSPS) is 14.2. The predicted octanol–water partition coefficient (Wildman–Crippen LogP) is 5.69. The first-order valence-corrected chi connectivity index (χ1v) is 8.40. The molecule has 22 heavy (non-hydrogen) atoms. The van der Waals surface area contributed by atoms with Crippen molar-refractivity contribution < 1.29 is 9.47 Å². The first-order chi connectivity index (χ1) is 9.85. The monoisotopic (exact) mass is 430 g/mol. The minimum Gasteiger partial charge on any atom is -0.478 e. The number of alkyl halides is 6. The zero-order valence-electron chi connectivity index (χ0n) is 11.8. The van der Waals surface area contributed by atoms with E-state index in [9.17, 15) is 0 Å². The molecule has 0 heterocycles. The second-order valence-electron chi connectivity index (χ2n) is 4.55. The number of hydrogen-bond acceptors (Lipinski definition) is 4. The van der Waals surface area contributed by atoms with Gasteiger partial charge in [-0.05, 0) is 18.4 Å². The molecule has 0 amide bonds. The average Bonchev–Trinajstić information content (AvgIpc) is 2.33. The van der Waals surface area contributed by atoms with Crippen molar-refractivity contribution in [2.75, 3.05) is 6.61 Å². The Balaban J connectivity index is 4.36. The van der Waals surface area contributed by atoms with Crippen molar-refractivity contribution in [1.82, 2.24) is 0 Å². The number of ether oxygens (including phenoxy) is 2. The molecular weight excluding hydrogens is 417 g/mol. The molecule has 1 atom stereocenters. The molecule has 0 aliphatic carbocycles. The Bertz CT molecular complexity index is 415. The van der Waals surface area contributed by atoms with Crippen molar-refractivity contribution in [3.8, 4) is 0 Å². The van der Waals surface area contributed by atoms with Crippen LogP contribution in [0.5, 0.6) is 0 Å². The molecule has 0 spiro atoms. The van der Waals surface area contributed by atoms with Gasteiger partial charge in [0.05, 0.1) is 6.61 Å². The summed E-state index contributed by atoms with van der Waals surface area (Å²) < 4.78 is 6.52. The molecule has 1 unspecified atom stereocenters. The molecule has 128 valence electrons. The van der Waals surface area contributed by atoms with Crippen LogP contribution in [0.15, 0.2) is 12.2 Å². The molecule has 0 aliphatic heterocycles.